The van der Waals surface area contributed by atoms with E-state index in [2.05, 4.69) is 26.6 Å². The highest BCUT2D eigenvalue weighted by atomic mass is 32.2. The molecule has 6 nitrogen and oxygen atoms in total. The molecule has 128 valence electrons. The zero-order valence-corrected chi connectivity index (χ0v) is 14.5. The van der Waals surface area contributed by atoms with E-state index in [-0.39, 0.29) is 11.4 Å². The van der Waals surface area contributed by atoms with E-state index < -0.39 is 10.0 Å². The van der Waals surface area contributed by atoms with E-state index in [9.17, 15) is 8.42 Å². The van der Waals surface area contributed by atoms with Crippen LogP contribution in [0.25, 0.3) is 0 Å². The lowest BCUT2D eigenvalue weighted by Gasteiger charge is -2.29. The minimum Gasteiger partial charge on any atom is -0.306 e. The Morgan fingerprint density at radius 3 is 2.50 bits per heavy atom. The molecule has 2 heterocycles. The minimum absolute atomic E-state index is 0.159. The maximum atomic E-state index is 12.4. The smallest absolute Gasteiger partial charge is 0.240 e. The standard InChI is InChI=1S/C17H22N4O2S/c1-21-11-7-14(8-12-21)17-16(18-9-10-19-17)13-20-24(22,23)15-5-3-2-4-6-15/h2-6,9-10,14,20H,7-8,11-13H2,1H3. The van der Waals surface area contributed by atoms with Gasteiger partial charge in [-0.05, 0) is 45.1 Å². The summed E-state index contributed by atoms with van der Waals surface area (Å²) in [5.74, 6) is 0.339. The first-order chi connectivity index (χ1) is 11.6. The molecule has 1 aromatic carbocycles. The number of hydrogen-bond acceptors (Lipinski definition) is 5. The summed E-state index contributed by atoms with van der Waals surface area (Å²) in [5.41, 5.74) is 1.63. The second kappa shape index (κ2) is 7.38. The van der Waals surface area contributed by atoms with Gasteiger partial charge in [0.15, 0.2) is 0 Å². The van der Waals surface area contributed by atoms with Gasteiger partial charge in [-0.2, -0.15) is 0 Å². The zero-order chi connectivity index (χ0) is 17.0. The summed E-state index contributed by atoms with van der Waals surface area (Å²) >= 11 is 0. The van der Waals surface area contributed by atoms with Crippen LogP contribution in [0.2, 0.25) is 0 Å². The molecule has 1 fully saturated rings. The van der Waals surface area contributed by atoms with Gasteiger partial charge in [0.25, 0.3) is 0 Å². The van der Waals surface area contributed by atoms with Gasteiger partial charge in [-0.1, -0.05) is 18.2 Å². The predicted octanol–water partition coefficient (Wildman–Crippen LogP) is 1.76. The fraction of sp³-hybridized carbons (Fsp3) is 0.412. The zero-order valence-electron chi connectivity index (χ0n) is 13.7. The highest BCUT2D eigenvalue weighted by Gasteiger charge is 2.23. The van der Waals surface area contributed by atoms with Gasteiger partial charge in [0.05, 0.1) is 22.8 Å². The summed E-state index contributed by atoms with van der Waals surface area (Å²) in [4.78, 5) is 11.4. The average Bonchev–Trinajstić information content (AvgIpc) is 2.62. The number of piperidine rings is 1. The van der Waals surface area contributed by atoms with Crippen LogP contribution in [0.1, 0.15) is 30.1 Å². The van der Waals surface area contributed by atoms with Gasteiger partial charge >= 0.3 is 0 Å². The molecule has 0 amide bonds. The van der Waals surface area contributed by atoms with Crippen LogP contribution < -0.4 is 4.72 Å². The fourth-order valence-electron chi connectivity index (χ4n) is 2.98. The first kappa shape index (κ1) is 17.0. The summed E-state index contributed by atoms with van der Waals surface area (Å²) in [6, 6.07) is 8.37. The number of likely N-dealkylation sites (tertiary alicyclic amines) is 1. The van der Waals surface area contributed by atoms with Crippen molar-refractivity contribution in [3.63, 3.8) is 0 Å². The molecule has 3 rings (SSSR count). The molecule has 1 aromatic heterocycles. The number of sulfonamides is 1. The molecule has 0 spiro atoms. The lowest BCUT2D eigenvalue weighted by Crippen LogP contribution is -2.31. The van der Waals surface area contributed by atoms with Crippen molar-refractivity contribution in [3.05, 3.63) is 54.1 Å². The molecule has 0 saturated carbocycles. The quantitative estimate of drug-likeness (QED) is 0.893. The Labute approximate surface area is 143 Å². The monoisotopic (exact) mass is 346 g/mol. The average molecular weight is 346 g/mol. The Bertz CT molecular complexity index is 772. The van der Waals surface area contributed by atoms with E-state index in [4.69, 9.17) is 0 Å². The number of nitrogens with zero attached hydrogens (tertiary/aromatic N) is 3. The van der Waals surface area contributed by atoms with Crippen molar-refractivity contribution in [2.45, 2.75) is 30.2 Å². The molecule has 7 heteroatoms. The van der Waals surface area contributed by atoms with Crippen LogP contribution in [0.5, 0.6) is 0 Å². The van der Waals surface area contributed by atoms with Crippen LogP contribution in [-0.4, -0.2) is 43.4 Å². The van der Waals surface area contributed by atoms with Crippen molar-refractivity contribution < 1.29 is 8.42 Å². The molecule has 0 radical (unpaired) electrons. The minimum atomic E-state index is -3.54. The molecule has 0 unspecified atom stereocenters. The molecule has 1 N–H and O–H groups in total. The van der Waals surface area contributed by atoms with Crippen molar-refractivity contribution in [2.24, 2.45) is 0 Å². The Kier molecular flexibility index (Phi) is 5.23. The summed E-state index contributed by atoms with van der Waals surface area (Å²) in [7, 11) is -1.43. The van der Waals surface area contributed by atoms with Gasteiger partial charge in [0.2, 0.25) is 10.0 Å². The maximum Gasteiger partial charge on any atom is 0.240 e. The van der Waals surface area contributed by atoms with Gasteiger partial charge in [-0.15, -0.1) is 0 Å². The molecule has 24 heavy (non-hydrogen) atoms. The lowest BCUT2D eigenvalue weighted by molar-refractivity contribution is 0.252. The first-order valence-electron chi connectivity index (χ1n) is 8.09. The third-order valence-corrected chi connectivity index (χ3v) is 5.81. The molecule has 0 bridgehead atoms. The summed E-state index contributed by atoms with van der Waals surface area (Å²) in [6.45, 7) is 2.21. The summed E-state index contributed by atoms with van der Waals surface area (Å²) in [6.07, 6.45) is 5.34. The van der Waals surface area contributed by atoms with Crippen molar-refractivity contribution >= 4 is 10.0 Å². The van der Waals surface area contributed by atoms with E-state index in [0.717, 1.165) is 31.6 Å². The fourth-order valence-corrected chi connectivity index (χ4v) is 3.99. The van der Waals surface area contributed by atoms with Crippen LogP contribution in [0.3, 0.4) is 0 Å². The van der Waals surface area contributed by atoms with Crippen LogP contribution in [-0.2, 0) is 16.6 Å². The molecule has 1 aliphatic rings. The van der Waals surface area contributed by atoms with Crippen LogP contribution in [0, 0.1) is 0 Å². The highest BCUT2D eigenvalue weighted by Crippen LogP contribution is 2.27. The van der Waals surface area contributed by atoms with E-state index in [1.165, 1.54) is 0 Å². The third kappa shape index (κ3) is 3.98. The summed E-state index contributed by atoms with van der Waals surface area (Å²) < 4.78 is 27.4. The van der Waals surface area contributed by atoms with Gasteiger partial charge in [-0.25, -0.2) is 13.1 Å². The Morgan fingerprint density at radius 2 is 1.79 bits per heavy atom. The molecular formula is C17H22N4O2S. The van der Waals surface area contributed by atoms with E-state index in [1.54, 1.807) is 42.7 Å². The number of aromatic nitrogens is 2. The molecule has 1 aliphatic heterocycles. The van der Waals surface area contributed by atoms with Crippen molar-refractivity contribution in [3.8, 4) is 0 Å². The Balaban J connectivity index is 1.74. The normalized spacial score (nSPS) is 17.0. The van der Waals surface area contributed by atoms with E-state index in [1.807, 2.05) is 0 Å². The maximum absolute atomic E-state index is 12.4. The van der Waals surface area contributed by atoms with Crippen molar-refractivity contribution in [1.29, 1.82) is 0 Å². The molecule has 0 atom stereocenters. The summed E-state index contributed by atoms with van der Waals surface area (Å²) in [5, 5.41) is 0. The van der Waals surface area contributed by atoms with E-state index in [0.29, 0.717) is 11.6 Å². The third-order valence-electron chi connectivity index (χ3n) is 4.39. The number of nitrogens with one attached hydrogen (secondary N) is 1. The lowest BCUT2D eigenvalue weighted by atomic mass is 9.92. The first-order valence-corrected chi connectivity index (χ1v) is 9.57. The second-order valence-electron chi connectivity index (χ2n) is 6.10. The largest absolute Gasteiger partial charge is 0.306 e. The van der Waals surface area contributed by atoms with E-state index >= 15 is 0 Å². The number of benzene rings is 1. The topological polar surface area (TPSA) is 75.2 Å². The highest BCUT2D eigenvalue weighted by molar-refractivity contribution is 7.89. The van der Waals surface area contributed by atoms with Gasteiger partial charge in [0, 0.05) is 18.3 Å². The van der Waals surface area contributed by atoms with Crippen LogP contribution in [0.4, 0.5) is 0 Å². The van der Waals surface area contributed by atoms with Crippen LogP contribution >= 0.6 is 0 Å². The molecule has 1 saturated heterocycles. The van der Waals surface area contributed by atoms with Crippen LogP contribution in [0.15, 0.2) is 47.6 Å². The Morgan fingerprint density at radius 1 is 1.12 bits per heavy atom. The van der Waals surface area contributed by atoms with Gasteiger partial charge < -0.3 is 4.90 Å². The number of hydrogen-bond donors (Lipinski definition) is 1. The molecule has 2 aromatic rings. The van der Waals surface area contributed by atoms with Crippen molar-refractivity contribution in [1.82, 2.24) is 19.6 Å². The molecule has 0 aliphatic carbocycles. The number of rotatable bonds is 5. The SMILES string of the molecule is CN1CCC(c2nccnc2CNS(=O)(=O)c2ccccc2)CC1. The second-order valence-corrected chi connectivity index (χ2v) is 7.87. The van der Waals surface area contributed by atoms with Gasteiger partial charge in [0.1, 0.15) is 0 Å². The molecular weight excluding hydrogens is 324 g/mol. The van der Waals surface area contributed by atoms with Crippen molar-refractivity contribution in [2.75, 3.05) is 20.1 Å². The predicted molar refractivity (Wildman–Crippen MR) is 92.0 cm³/mol. The van der Waals surface area contributed by atoms with Gasteiger partial charge in [-0.3, -0.25) is 9.97 Å². The Hall–Kier alpha value is -1.83.